The first-order chi connectivity index (χ1) is 5.61. The Balaban J connectivity index is 2.95. The predicted molar refractivity (Wildman–Crippen MR) is 43.5 cm³/mol. The molecule has 1 aromatic heterocycles. The Bertz CT molecular complexity index is 299. The summed E-state index contributed by atoms with van der Waals surface area (Å²) in [4.78, 5) is 14.4. The summed E-state index contributed by atoms with van der Waals surface area (Å²) in [5, 5.41) is 8.58. The van der Waals surface area contributed by atoms with Gasteiger partial charge in [-0.2, -0.15) is 0 Å². The molecule has 12 heavy (non-hydrogen) atoms. The lowest BCUT2D eigenvalue weighted by Gasteiger charge is -2.05. The Kier molecular flexibility index (Phi) is 2.40. The fourth-order valence-electron chi connectivity index (χ4n) is 0.904. The monoisotopic (exact) mass is 166 g/mol. The number of pyridine rings is 1. The highest BCUT2D eigenvalue weighted by Crippen LogP contribution is 2.09. The van der Waals surface area contributed by atoms with E-state index in [0.717, 1.165) is 5.69 Å². The number of aromatic nitrogens is 1. The van der Waals surface area contributed by atoms with Gasteiger partial charge in [0.2, 0.25) is 0 Å². The average Bonchev–Trinajstić information content (AvgIpc) is 2.03. The minimum atomic E-state index is -1.03. The number of hydrogen-bond donors (Lipinski definition) is 2. The third-order valence-electron chi connectivity index (χ3n) is 1.55. The van der Waals surface area contributed by atoms with Crippen molar-refractivity contribution in [2.45, 2.75) is 13.0 Å². The molecular weight excluding hydrogens is 156 g/mol. The molecular formula is C8H10N2O2. The van der Waals surface area contributed by atoms with Crippen LogP contribution in [0.4, 0.5) is 0 Å². The van der Waals surface area contributed by atoms with Crippen molar-refractivity contribution < 1.29 is 9.90 Å². The average molecular weight is 166 g/mol. The summed E-state index contributed by atoms with van der Waals surface area (Å²) in [6, 6.07) is 2.32. The molecule has 1 heterocycles. The molecule has 0 radical (unpaired) electrons. The van der Waals surface area contributed by atoms with E-state index in [1.807, 2.05) is 0 Å². The number of aryl methyl sites for hydroxylation is 1. The molecule has 3 N–H and O–H groups in total. The minimum absolute atomic E-state index is 0.579. The van der Waals surface area contributed by atoms with E-state index < -0.39 is 12.0 Å². The van der Waals surface area contributed by atoms with Crippen molar-refractivity contribution in [2.75, 3.05) is 0 Å². The molecule has 0 aliphatic carbocycles. The molecule has 1 atom stereocenters. The lowest BCUT2D eigenvalue weighted by atomic mass is 10.1. The van der Waals surface area contributed by atoms with E-state index in [1.165, 1.54) is 0 Å². The second-order valence-corrected chi connectivity index (χ2v) is 2.55. The Morgan fingerprint density at radius 2 is 2.42 bits per heavy atom. The molecule has 4 nitrogen and oxygen atoms in total. The van der Waals surface area contributed by atoms with Crippen LogP contribution >= 0.6 is 0 Å². The maximum Gasteiger partial charge on any atom is 0.325 e. The highest BCUT2D eigenvalue weighted by Gasteiger charge is 2.13. The molecule has 0 saturated carbocycles. The molecule has 1 unspecified atom stereocenters. The molecule has 1 aromatic rings. The maximum absolute atomic E-state index is 10.5. The van der Waals surface area contributed by atoms with Gasteiger partial charge in [0.1, 0.15) is 6.04 Å². The van der Waals surface area contributed by atoms with Gasteiger partial charge in [-0.25, -0.2) is 0 Å². The van der Waals surface area contributed by atoms with Gasteiger partial charge in [-0.3, -0.25) is 9.78 Å². The van der Waals surface area contributed by atoms with Crippen LogP contribution in [0.25, 0.3) is 0 Å². The molecule has 4 heteroatoms. The van der Waals surface area contributed by atoms with Crippen molar-refractivity contribution in [1.29, 1.82) is 0 Å². The van der Waals surface area contributed by atoms with Gasteiger partial charge in [-0.15, -0.1) is 0 Å². The van der Waals surface area contributed by atoms with Crippen molar-refractivity contribution in [1.82, 2.24) is 4.98 Å². The summed E-state index contributed by atoms with van der Waals surface area (Å²) in [5.41, 5.74) is 6.73. The fourth-order valence-corrected chi connectivity index (χ4v) is 0.904. The zero-order valence-electron chi connectivity index (χ0n) is 6.69. The summed E-state index contributed by atoms with van der Waals surface area (Å²) in [6.45, 7) is 1.79. The highest BCUT2D eigenvalue weighted by atomic mass is 16.4. The summed E-state index contributed by atoms with van der Waals surface area (Å²) >= 11 is 0. The van der Waals surface area contributed by atoms with Crippen molar-refractivity contribution in [3.63, 3.8) is 0 Å². The van der Waals surface area contributed by atoms with E-state index >= 15 is 0 Å². The number of aliphatic carboxylic acids is 1. The maximum atomic E-state index is 10.5. The highest BCUT2D eigenvalue weighted by molar-refractivity contribution is 5.75. The Morgan fingerprint density at radius 3 is 2.92 bits per heavy atom. The molecule has 0 aliphatic rings. The van der Waals surface area contributed by atoms with Gasteiger partial charge in [0, 0.05) is 11.9 Å². The smallest absolute Gasteiger partial charge is 0.325 e. The summed E-state index contributed by atoms with van der Waals surface area (Å²) in [6.07, 6.45) is 1.55. The zero-order chi connectivity index (χ0) is 9.14. The molecule has 0 fully saturated rings. The standard InChI is InChI=1S/C8H10N2O2/c1-5-4-6(2-3-10-5)7(9)8(11)12/h2-4,7H,9H2,1H3,(H,11,12). The molecule has 64 valence electrons. The van der Waals surface area contributed by atoms with Crippen LogP contribution in [-0.4, -0.2) is 16.1 Å². The summed E-state index contributed by atoms with van der Waals surface area (Å²) in [5.74, 6) is -1.03. The number of hydrogen-bond acceptors (Lipinski definition) is 3. The lowest BCUT2D eigenvalue weighted by molar-refractivity contribution is -0.138. The Morgan fingerprint density at radius 1 is 1.75 bits per heavy atom. The van der Waals surface area contributed by atoms with Crippen LogP contribution in [0.3, 0.4) is 0 Å². The van der Waals surface area contributed by atoms with Crippen LogP contribution in [0.1, 0.15) is 17.3 Å². The molecule has 1 rings (SSSR count). The van der Waals surface area contributed by atoms with Crippen LogP contribution in [0.2, 0.25) is 0 Å². The number of nitrogens with zero attached hydrogens (tertiary/aromatic N) is 1. The number of carboxylic acid groups (broad SMARTS) is 1. The quantitative estimate of drug-likeness (QED) is 0.669. The second kappa shape index (κ2) is 3.32. The third kappa shape index (κ3) is 1.79. The van der Waals surface area contributed by atoms with Gasteiger partial charge >= 0.3 is 5.97 Å². The van der Waals surface area contributed by atoms with Crippen molar-refractivity contribution >= 4 is 5.97 Å². The first-order valence-corrected chi connectivity index (χ1v) is 3.52. The molecule has 0 amide bonds. The van der Waals surface area contributed by atoms with E-state index in [9.17, 15) is 4.79 Å². The van der Waals surface area contributed by atoms with Crippen LogP contribution in [0.15, 0.2) is 18.3 Å². The van der Waals surface area contributed by atoms with Crippen molar-refractivity contribution in [2.24, 2.45) is 5.73 Å². The van der Waals surface area contributed by atoms with E-state index in [1.54, 1.807) is 25.3 Å². The molecule has 0 aromatic carbocycles. The van der Waals surface area contributed by atoms with Crippen LogP contribution in [0.5, 0.6) is 0 Å². The van der Waals surface area contributed by atoms with Gasteiger partial charge in [-0.05, 0) is 24.6 Å². The second-order valence-electron chi connectivity index (χ2n) is 2.55. The molecule has 0 saturated heterocycles. The largest absolute Gasteiger partial charge is 0.480 e. The van der Waals surface area contributed by atoms with Gasteiger partial charge in [0.05, 0.1) is 0 Å². The molecule has 0 aliphatic heterocycles. The minimum Gasteiger partial charge on any atom is -0.480 e. The predicted octanol–water partition coefficient (Wildman–Crippen LogP) is 0.474. The van der Waals surface area contributed by atoms with Crippen LogP contribution in [0, 0.1) is 6.92 Å². The first-order valence-electron chi connectivity index (χ1n) is 3.52. The van der Waals surface area contributed by atoms with Gasteiger partial charge in [-0.1, -0.05) is 0 Å². The normalized spacial score (nSPS) is 12.5. The SMILES string of the molecule is Cc1cc(C(N)C(=O)O)ccn1. The number of carboxylic acids is 1. The lowest BCUT2D eigenvalue weighted by Crippen LogP contribution is -2.20. The van der Waals surface area contributed by atoms with E-state index in [-0.39, 0.29) is 0 Å². The molecule has 0 spiro atoms. The Hall–Kier alpha value is -1.42. The summed E-state index contributed by atoms with van der Waals surface area (Å²) in [7, 11) is 0. The fraction of sp³-hybridized carbons (Fsp3) is 0.250. The van der Waals surface area contributed by atoms with Gasteiger partial charge in [0.15, 0.2) is 0 Å². The third-order valence-corrected chi connectivity index (χ3v) is 1.55. The van der Waals surface area contributed by atoms with Crippen LogP contribution in [-0.2, 0) is 4.79 Å². The van der Waals surface area contributed by atoms with Crippen LogP contribution < -0.4 is 5.73 Å². The zero-order valence-corrected chi connectivity index (χ0v) is 6.69. The van der Waals surface area contributed by atoms with Gasteiger partial charge in [0.25, 0.3) is 0 Å². The van der Waals surface area contributed by atoms with E-state index in [4.69, 9.17) is 10.8 Å². The van der Waals surface area contributed by atoms with Gasteiger partial charge < -0.3 is 10.8 Å². The van der Waals surface area contributed by atoms with Crippen molar-refractivity contribution in [3.8, 4) is 0 Å². The first kappa shape index (κ1) is 8.67. The number of nitrogens with two attached hydrogens (primary N) is 1. The topological polar surface area (TPSA) is 76.2 Å². The Labute approximate surface area is 70.0 Å². The number of carbonyl (C=O) groups is 1. The summed E-state index contributed by atoms with van der Waals surface area (Å²) < 4.78 is 0. The van der Waals surface area contributed by atoms with E-state index in [0.29, 0.717) is 5.56 Å². The van der Waals surface area contributed by atoms with E-state index in [2.05, 4.69) is 4.98 Å². The molecule has 0 bridgehead atoms. The number of rotatable bonds is 2. The van der Waals surface area contributed by atoms with Crippen molar-refractivity contribution in [3.05, 3.63) is 29.6 Å².